The molecule has 2 aromatic heterocycles. The molecule has 0 unspecified atom stereocenters. The van der Waals surface area contributed by atoms with E-state index in [4.69, 9.17) is 8.83 Å². The van der Waals surface area contributed by atoms with Crippen molar-refractivity contribution in [1.82, 2.24) is 0 Å². The predicted molar refractivity (Wildman–Crippen MR) is 247 cm³/mol. The zero-order valence-corrected chi connectivity index (χ0v) is 32.0. The van der Waals surface area contributed by atoms with E-state index in [0.29, 0.717) is 0 Å². The summed E-state index contributed by atoms with van der Waals surface area (Å²) in [4.78, 5) is 2.35. The fourth-order valence-corrected chi connectivity index (χ4v) is 9.01. The molecule has 3 heteroatoms. The van der Waals surface area contributed by atoms with Crippen molar-refractivity contribution >= 4 is 82.5 Å². The highest BCUT2D eigenvalue weighted by Crippen LogP contribution is 2.44. The number of hydrogen-bond acceptors (Lipinski definition) is 3. The first-order valence-corrected chi connectivity index (χ1v) is 20.1. The molecule has 0 N–H and O–H groups in total. The monoisotopic (exact) mass is 753 g/mol. The van der Waals surface area contributed by atoms with Crippen LogP contribution in [-0.2, 0) is 0 Å². The van der Waals surface area contributed by atoms with Crippen molar-refractivity contribution in [2.45, 2.75) is 0 Å². The van der Waals surface area contributed by atoms with Crippen molar-refractivity contribution in [3.63, 3.8) is 0 Å². The third kappa shape index (κ3) is 5.51. The summed E-state index contributed by atoms with van der Waals surface area (Å²) in [5.41, 5.74) is 13.7. The number of hydrogen-bond donors (Lipinski definition) is 0. The van der Waals surface area contributed by atoms with Gasteiger partial charge in [-0.05, 0) is 122 Å². The molecule has 0 aliphatic heterocycles. The molecule has 0 radical (unpaired) electrons. The predicted octanol–water partition coefficient (Wildman–Crippen LogP) is 16.3. The first-order valence-electron chi connectivity index (χ1n) is 20.1. The molecular weight excluding hydrogens is 719 g/mol. The average Bonchev–Trinajstić information content (AvgIpc) is 3.88. The zero-order valence-electron chi connectivity index (χ0n) is 32.0. The summed E-state index contributed by atoms with van der Waals surface area (Å²) in [5.74, 6) is 0. The summed E-state index contributed by atoms with van der Waals surface area (Å²) >= 11 is 0. The van der Waals surface area contributed by atoms with Gasteiger partial charge in [-0.2, -0.15) is 0 Å². The third-order valence-corrected chi connectivity index (χ3v) is 11.9. The summed E-state index contributed by atoms with van der Waals surface area (Å²) in [5, 5.41) is 9.11. The van der Waals surface area contributed by atoms with Crippen molar-refractivity contribution in [2.75, 3.05) is 4.90 Å². The first-order chi connectivity index (χ1) is 29.2. The maximum absolute atomic E-state index is 6.51. The van der Waals surface area contributed by atoms with Gasteiger partial charge in [0.25, 0.3) is 0 Å². The van der Waals surface area contributed by atoms with Crippen LogP contribution in [0.1, 0.15) is 0 Å². The van der Waals surface area contributed by atoms with Crippen LogP contribution in [-0.4, -0.2) is 0 Å². The number of anilines is 3. The van der Waals surface area contributed by atoms with Crippen LogP contribution in [0.5, 0.6) is 0 Å². The average molecular weight is 754 g/mol. The quantitative estimate of drug-likeness (QED) is 0.169. The van der Waals surface area contributed by atoms with Gasteiger partial charge in [0, 0.05) is 33.2 Å². The second-order valence-electron chi connectivity index (χ2n) is 15.3. The Bertz CT molecular complexity index is 3540. The number of para-hydroxylation sites is 1. The van der Waals surface area contributed by atoms with Gasteiger partial charge in [0.1, 0.15) is 22.3 Å². The fraction of sp³-hybridized carbons (Fsp3) is 0. The Morgan fingerprint density at radius 2 is 0.881 bits per heavy atom. The minimum Gasteiger partial charge on any atom is -0.456 e. The number of fused-ring (bicyclic) bond motifs is 9. The molecule has 12 rings (SSSR count). The topological polar surface area (TPSA) is 29.5 Å². The second-order valence-corrected chi connectivity index (χ2v) is 15.3. The molecule has 3 nitrogen and oxygen atoms in total. The van der Waals surface area contributed by atoms with Crippen LogP contribution in [0.2, 0.25) is 0 Å². The van der Waals surface area contributed by atoms with E-state index in [0.717, 1.165) is 82.8 Å². The summed E-state index contributed by atoms with van der Waals surface area (Å²) in [6.07, 6.45) is 0. The second kappa shape index (κ2) is 13.4. The van der Waals surface area contributed by atoms with Crippen LogP contribution in [0.15, 0.2) is 221 Å². The molecule has 10 aromatic carbocycles. The van der Waals surface area contributed by atoms with Crippen LogP contribution >= 0.6 is 0 Å². The van der Waals surface area contributed by atoms with Crippen molar-refractivity contribution in [3.05, 3.63) is 212 Å². The van der Waals surface area contributed by atoms with Gasteiger partial charge in [-0.25, -0.2) is 0 Å². The van der Waals surface area contributed by atoms with E-state index in [9.17, 15) is 0 Å². The molecule has 0 saturated carbocycles. The summed E-state index contributed by atoms with van der Waals surface area (Å²) in [7, 11) is 0. The highest BCUT2D eigenvalue weighted by atomic mass is 16.3. The maximum Gasteiger partial charge on any atom is 0.147 e. The molecule has 0 spiro atoms. The Morgan fingerprint density at radius 3 is 1.73 bits per heavy atom. The van der Waals surface area contributed by atoms with E-state index < -0.39 is 0 Å². The van der Waals surface area contributed by atoms with Gasteiger partial charge in [-0.1, -0.05) is 146 Å². The molecular formula is C56H35NO2. The highest BCUT2D eigenvalue weighted by Gasteiger charge is 2.20. The largest absolute Gasteiger partial charge is 0.456 e. The van der Waals surface area contributed by atoms with Crippen molar-refractivity contribution < 1.29 is 8.83 Å². The molecule has 0 fully saturated rings. The fourth-order valence-electron chi connectivity index (χ4n) is 9.01. The highest BCUT2D eigenvalue weighted by molar-refractivity contribution is 6.25. The van der Waals surface area contributed by atoms with E-state index in [1.165, 1.54) is 33.0 Å². The van der Waals surface area contributed by atoms with Crippen LogP contribution in [0, 0.1) is 0 Å². The van der Waals surface area contributed by atoms with Gasteiger partial charge < -0.3 is 13.7 Å². The van der Waals surface area contributed by atoms with E-state index in [1.807, 2.05) is 12.1 Å². The lowest BCUT2D eigenvalue weighted by Crippen LogP contribution is -2.09. The lowest BCUT2D eigenvalue weighted by Gasteiger charge is -2.26. The van der Waals surface area contributed by atoms with Crippen LogP contribution in [0.4, 0.5) is 17.1 Å². The molecule has 0 atom stereocenters. The van der Waals surface area contributed by atoms with Crippen molar-refractivity contribution in [3.8, 4) is 33.4 Å². The minimum absolute atomic E-state index is 0.825. The molecule has 0 amide bonds. The Labute approximate surface area is 340 Å². The smallest absolute Gasteiger partial charge is 0.147 e. The van der Waals surface area contributed by atoms with E-state index in [1.54, 1.807) is 0 Å². The molecule has 59 heavy (non-hydrogen) atoms. The van der Waals surface area contributed by atoms with Gasteiger partial charge in [0.2, 0.25) is 0 Å². The normalized spacial score (nSPS) is 11.7. The molecule has 12 aromatic rings. The van der Waals surface area contributed by atoms with Crippen LogP contribution in [0.25, 0.3) is 98.8 Å². The maximum atomic E-state index is 6.51. The van der Waals surface area contributed by atoms with E-state index >= 15 is 0 Å². The van der Waals surface area contributed by atoms with Crippen molar-refractivity contribution in [1.29, 1.82) is 0 Å². The molecule has 0 bridgehead atoms. The number of rotatable bonds is 6. The zero-order chi connectivity index (χ0) is 38.9. The summed E-state index contributed by atoms with van der Waals surface area (Å²) in [6.45, 7) is 0. The number of furan rings is 2. The Morgan fingerprint density at radius 1 is 0.288 bits per heavy atom. The molecule has 0 aliphatic carbocycles. The van der Waals surface area contributed by atoms with Crippen LogP contribution < -0.4 is 4.90 Å². The SMILES string of the molecule is c1ccc(-c2ccc(N(c3ccc(-c4cccc5ccccc45)cc3)c3ccc4cc(-c5cccc6oc7ccc8c9ccccc9oc8c7c56)ccc4c3)cc2)cc1. The van der Waals surface area contributed by atoms with E-state index in [2.05, 4.69) is 205 Å². The lowest BCUT2D eigenvalue weighted by molar-refractivity contribution is 0.663. The minimum atomic E-state index is 0.825. The van der Waals surface area contributed by atoms with Gasteiger partial charge in [0.05, 0.1) is 5.39 Å². The molecule has 276 valence electrons. The number of nitrogens with zero attached hydrogens (tertiary/aromatic N) is 1. The molecule has 0 aliphatic rings. The lowest BCUT2D eigenvalue weighted by atomic mass is 9.96. The van der Waals surface area contributed by atoms with Crippen molar-refractivity contribution in [2.24, 2.45) is 0 Å². The van der Waals surface area contributed by atoms with Crippen LogP contribution in [0.3, 0.4) is 0 Å². The summed E-state index contributed by atoms with van der Waals surface area (Å²) in [6, 6.07) is 75.8. The third-order valence-electron chi connectivity index (χ3n) is 11.9. The van der Waals surface area contributed by atoms with Gasteiger partial charge >= 0.3 is 0 Å². The van der Waals surface area contributed by atoms with Gasteiger partial charge in [-0.15, -0.1) is 0 Å². The Balaban J connectivity index is 0.966. The van der Waals surface area contributed by atoms with E-state index in [-0.39, 0.29) is 0 Å². The molecule has 0 saturated heterocycles. The summed E-state index contributed by atoms with van der Waals surface area (Å²) < 4.78 is 13.0. The standard InChI is InChI=1S/C56H35NO2/c1-2-10-36(11-3-1)37-22-27-43(28-23-37)57(44-29-24-39(25-30-44)47-16-8-13-38-12-4-5-14-46(38)47)45-31-26-40-34-42(21-20-41(40)35-45)48-17-9-19-52-54(48)55-53(58-52)33-32-50-49-15-6-7-18-51(49)59-56(50)55/h1-35H. The van der Waals surface area contributed by atoms with Gasteiger partial charge in [0.15, 0.2) is 0 Å². The van der Waals surface area contributed by atoms with Gasteiger partial charge in [-0.3, -0.25) is 0 Å². The molecule has 2 heterocycles. The number of benzene rings is 10. The Hall–Kier alpha value is -7.88. The Kier molecular flexibility index (Phi) is 7.54. The first kappa shape index (κ1) is 33.3.